The molecule has 0 radical (unpaired) electrons. The highest BCUT2D eigenvalue weighted by atomic mass is 16.4. The number of aromatic amines is 1. The zero-order chi connectivity index (χ0) is 16.1. The molecule has 118 valence electrons. The predicted octanol–water partition coefficient (Wildman–Crippen LogP) is 2.60. The summed E-state index contributed by atoms with van der Waals surface area (Å²) in [6.07, 6.45) is 3.74. The zero-order valence-electron chi connectivity index (χ0n) is 13.1. The van der Waals surface area contributed by atoms with Crippen molar-refractivity contribution in [2.45, 2.75) is 33.1 Å². The van der Waals surface area contributed by atoms with Gasteiger partial charge in [-0.1, -0.05) is 32.0 Å². The van der Waals surface area contributed by atoms with Crippen molar-refractivity contribution in [1.29, 1.82) is 0 Å². The van der Waals surface area contributed by atoms with Crippen LogP contribution in [0.4, 0.5) is 0 Å². The zero-order valence-corrected chi connectivity index (χ0v) is 13.1. The van der Waals surface area contributed by atoms with Crippen LogP contribution in [0.25, 0.3) is 10.9 Å². The van der Waals surface area contributed by atoms with Crippen molar-refractivity contribution >= 4 is 22.8 Å². The number of hydrogen-bond donors (Lipinski definition) is 2. The van der Waals surface area contributed by atoms with Gasteiger partial charge < -0.3 is 15.0 Å². The van der Waals surface area contributed by atoms with Crippen LogP contribution < -0.4 is 0 Å². The van der Waals surface area contributed by atoms with Crippen molar-refractivity contribution in [2.75, 3.05) is 13.1 Å². The average molecular weight is 302 g/mol. The smallest absolute Gasteiger partial charge is 0.323 e. The van der Waals surface area contributed by atoms with Gasteiger partial charge in [0.15, 0.2) is 0 Å². The highest BCUT2D eigenvalue weighted by molar-refractivity contribution is 5.91. The second kappa shape index (κ2) is 7.11. The molecule has 1 heterocycles. The van der Waals surface area contributed by atoms with E-state index in [1.807, 2.05) is 25.3 Å². The third kappa shape index (κ3) is 3.47. The summed E-state index contributed by atoms with van der Waals surface area (Å²) in [7, 11) is 0. The number of rotatable bonds is 7. The largest absolute Gasteiger partial charge is 0.480 e. The van der Waals surface area contributed by atoms with E-state index in [0.29, 0.717) is 6.54 Å². The molecule has 0 aliphatic rings. The Kier molecular flexibility index (Phi) is 5.20. The summed E-state index contributed by atoms with van der Waals surface area (Å²) in [6, 6.07) is 6.05. The molecule has 0 unspecified atom stereocenters. The average Bonchev–Trinajstić information content (AvgIpc) is 2.89. The van der Waals surface area contributed by atoms with Gasteiger partial charge in [-0.2, -0.15) is 0 Å². The van der Waals surface area contributed by atoms with Crippen LogP contribution in [0.1, 0.15) is 31.4 Å². The molecule has 0 saturated carbocycles. The number of aromatic nitrogens is 1. The quantitative estimate of drug-likeness (QED) is 0.825. The Labute approximate surface area is 129 Å². The lowest BCUT2D eigenvalue weighted by molar-refractivity contribution is -0.144. The molecule has 0 fully saturated rings. The number of aliphatic carboxylic acids is 1. The molecule has 0 aliphatic carbocycles. The Morgan fingerprint density at radius 3 is 2.64 bits per heavy atom. The second-order valence-electron chi connectivity index (χ2n) is 5.39. The number of carbonyl (C=O) groups excluding carboxylic acids is 1. The van der Waals surface area contributed by atoms with E-state index in [0.717, 1.165) is 29.3 Å². The van der Waals surface area contributed by atoms with Gasteiger partial charge in [-0.25, -0.2) is 0 Å². The summed E-state index contributed by atoms with van der Waals surface area (Å²) in [5, 5.41) is 9.97. The van der Waals surface area contributed by atoms with Gasteiger partial charge in [0.25, 0.3) is 0 Å². The van der Waals surface area contributed by atoms with Crippen LogP contribution in [0.2, 0.25) is 0 Å². The van der Waals surface area contributed by atoms with E-state index in [1.54, 1.807) is 0 Å². The van der Waals surface area contributed by atoms with Crippen LogP contribution >= 0.6 is 0 Å². The lowest BCUT2D eigenvalue weighted by atomic mass is 10.1. The summed E-state index contributed by atoms with van der Waals surface area (Å²) < 4.78 is 0. The molecule has 0 saturated heterocycles. The number of H-pyrrole nitrogens is 1. The number of para-hydroxylation sites is 1. The van der Waals surface area contributed by atoms with Gasteiger partial charge in [0.2, 0.25) is 5.91 Å². The van der Waals surface area contributed by atoms with Crippen LogP contribution in [-0.2, 0) is 22.4 Å². The normalized spacial score (nSPS) is 10.8. The third-order valence-corrected chi connectivity index (χ3v) is 3.78. The van der Waals surface area contributed by atoms with Crippen molar-refractivity contribution in [1.82, 2.24) is 9.88 Å². The van der Waals surface area contributed by atoms with Crippen LogP contribution in [0.3, 0.4) is 0 Å². The summed E-state index contributed by atoms with van der Waals surface area (Å²) in [5.41, 5.74) is 3.20. The van der Waals surface area contributed by atoms with Crippen molar-refractivity contribution < 1.29 is 14.7 Å². The van der Waals surface area contributed by atoms with Gasteiger partial charge in [-0.3, -0.25) is 9.59 Å². The number of fused-ring (bicyclic) bond motifs is 1. The minimum Gasteiger partial charge on any atom is -0.480 e. The maximum absolute atomic E-state index is 12.4. The lowest BCUT2D eigenvalue weighted by Gasteiger charge is -2.19. The summed E-state index contributed by atoms with van der Waals surface area (Å²) in [4.78, 5) is 27.9. The van der Waals surface area contributed by atoms with E-state index in [-0.39, 0.29) is 18.9 Å². The fourth-order valence-electron chi connectivity index (χ4n) is 2.72. The SMILES string of the molecule is CCCN(CC(=O)O)C(=O)Cc1c[nH]c2c(CC)cccc12. The molecule has 0 atom stereocenters. The predicted molar refractivity (Wildman–Crippen MR) is 85.9 cm³/mol. The highest BCUT2D eigenvalue weighted by Crippen LogP contribution is 2.23. The molecule has 5 nitrogen and oxygen atoms in total. The first kappa shape index (κ1) is 16.1. The molecule has 0 bridgehead atoms. The number of hydrogen-bond acceptors (Lipinski definition) is 2. The molecule has 1 aromatic heterocycles. The van der Waals surface area contributed by atoms with E-state index in [1.165, 1.54) is 10.5 Å². The topological polar surface area (TPSA) is 73.4 Å². The Hall–Kier alpha value is -2.30. The van der Waals surface area contributed by atoms with Crippen molar-refractivity contribution in [3.63, 3.8) is 0 Å². The van der Waals surface area contributed by atoms with Gasteiger partial charge in [-0.15, -0.1) is 0 Å². The number of aryl methyl sites for hydroxylation is 1. The van der Waals surface area contributed by atoms with Gasteiger partial charge in [-0.05, 0) is 24.0 Å². The standard InChI is InChI=1S/C17H22N2O3/c1-3-8-19(11-16(21)22)15(20)9-13-10-18-17-12(4-2)6-5-7-14(13)17/h5-7,10,18H,3-4,8-9,11H2,1-2H3,(H,21,22). The summed E-state index contributed by atoms with van der Waals surface area (Å²) in [6.45, 7) is 4.25. The molecule has 1 aromatic carbocycles. The van der Waals surface area contributed by atoms with Crippen LogP contribution in [-0.4, -0.2) is 40.0 Å². The number of carbonyl (C=O) groups is 2. The third-order valence-electron chi connectivity index (χ3n) is 3.78. The minimum atomic E-state index is -0.978. The van der Waals surface area contributed by atoms with Gasteiger partial charge in [0.05, 0.1) is 6.42 Å². The Balaban J connectivity index is 2.22. The lowest BCUT2D eigenvalue weighted by Crippen LogP contribution is -2.37. The van der Waals surface area contributed by atoms with Crippen LogP contribution in [0.15, 0.2) is 24.4 Å². The summed E-state index contributed by atoms with van der Waals surface area (Å²) in [5.74, 6) is -1.12. The van der Waals surface area contributed by atoms with E-state index < -0.39 is 5.97 Å². The van der Waals surface area contributed by atoms with Crippen LogP contribution in [0.5, 0.6) is 0 Å². The van der Waals surface area contributed by atoms with Crippen molar-refractivity contribution in [3.8, 4) is 0 Å². The molecule has 22 heavy (non-hydrogen) atoms. The number of nitrogens with one attached hydrogen (secondary N) is 1. The maximum atomic E-state index is 12.4. The summed E-state index contributed by atoms with van der Waals surface area (Å²) >= 11 is 0. The first-order valence-corrected chi connectivity index (χ1v) is 7.64. The number of nitrogens with zero attached hydrogens (tertiary/aromatic N) is 1. The van der Waals surface area contributed by atoms with E-state index >= 15 is 0 Å². The first-order valence-electron chi connectivity index (χ1n) is 7.64. The molecule has 2 aromatic rings. The van der Waals surface area contributed by atoms with Gasteiger partial charge >= 0.3 is 5.97 Å². The number of amides is 1. The Bertz CT molecular complexity index is 676. The van der Waals surface area contributed by atoms with E-state index in [4.69, 9.17) is 5.11 Å². The Morgan fingerprint density at radius 2 is 2.00 bits per heavy atom. The van der Waals surface area contributed by atoms with Crippen LogP contribution in [0, 0.1) is 0 Å². The number of carboxylic acid groups (broad SMARTS) is 1. The minimum absolute atomic E-state index is 0.146. The molecular formula is C17H22N2O3. The van der Waals surface area contributed by atoms with E-state index in [2.05, 4.69) is 18.0 Å². The fourth-order valence-corrected chi connectivity index (χ4v) is 2.72. The van der Waals surface area contributed by atoms with E-state index in [9.17, 15) is 9.59 Å². The van der Waals surface area contributed by atoms with Gasteiger partial charge in [0.1, 0.15) is 6.54 Å². The monoisotopic (exact) mass is 302 g/mol. The molecule has 0 aliphatic heterocycles. The van der Waals surface area contributed by atoms with Crippen molar-refractivity contribution in [2.24, 2.45) is 0 Å². The molecule has 2 rings (SSSR count). The molecule has 0 spiro atoms. The number of benzene rings is 1. The molecule has 5 heteroatoms. The first-order chi connectivity index (χ1) is 10.6. The second-order valence-corrected chi connectivity index (χ2v) is 5.39. The Morgan fingerprint density at radius 1 is 1.23 bits per heavy atom. The molecule has 2 N–H and O–H groups in total. The number of carboxylic acids is 1. The fraction of sp³-hybridized carbons (Fsp3) is 0.412. The molecule has 1 amide bonds. The molecular weight excluding hydrogens is 280 g/mol. The maximum Gasteiger partial charge on any atom is 0.323 e. The van der Waals surface area contributed by atoms with Gasteiger partial charge in [0, 0.05) is 23.6 Å². The highest BCUT2D eigenvalue weighted by Gasteiger charge is 2.18. The van der Waals surface area contributed by atoms with Crippen molar-refractivity contribution in [3.05, 3.63) is 35.5 Å².